The second kappa shape index (κ2) is 11.0. The molecule has 0 unspecified atom stereocenters. The maximum Gasteiger partial charge on any atom is 0.0850 e. The first kappa shape index (κ1) is 25.9. The molecule has 0 fully saturated rings. The van der Waals surface area contributed by atoms with Crippen molar-refractivity contribution in [3.05, 3.63) is 85.1 Å². The Kier molecular flexibility index (Phi) is 9.14. The molecule has 0 amide bonds. The number of halogens is 4. The van der Waals surface area contributed by atoms with Crippen LogP contribution in [0.25, 0.3) is 0 Å². The number of aromatic nitrogens is 1. The van der Waals surface area contributed by atoms with Crippen molar-refractivity contribution in [2.24, 2.45) is 9.98 Å². The van der Waals surface area contributed by atoms with E-state index in [1.807, 2.05) is 58.0 Å². The molecule has 0 atom stereocenters. The number of hydrogen-bond acceptors (Lipinski definition) is 3. The van der Waals surface area contributed by atoms with Crippen molar-refractivity contribution in [1.29, 1.82) is 0 Å². The van der Waals surface area contributed by atoms with Gasteiger partial charge in [-0.1, -0.05) is 52.5 Å². The van der Waals surface area contributed by atoms with Crippen LogP contribution in [0.1, 0.15) is 36.4 Å². The minimum Gasteiger partial charge on any atom is -0.250 e. The fraction of sp³-hybridized carbons (Fsp3) is 0.174. The van der Waals surface area contributed by atoms with E-state index in [0.717, 1.165) is 33.9 Å². The normalized spacial score (nSPS) is 12.0. The molecular weight excluding hydrogens is 516 g/mol. The number of aliphatic imine (C=N–C) groups is 2. The van der Waals surface area contributed by atoms with Crippen LogP contribution in [-0.4, -0.2) is 16.4 Å². The second-order valence-corrected chi connectivity index (χ2v) is 8.60. The molecular formula is C23H19Cl4FeN3. The van der Waals surface area contributed by atoms with E-state index in [0.29, 0.717) is 31.5 Å². The first-order chi connectivity index (χ1) is 14.2. The maximum atomic E-state index is 6.33. The van der Waals surface area contributed by atoms with Gasteiger partial charge in [-0.3, -0.25) is 0 Å². The predicted octanol–water partition coefficient (Wildman–Crippen LogP) is 8.59. The number of rotatable bonds is 4. The number of aryl methyl sites for hydroxylation is 2. The SMILES string of the molecule is CC(=Nc1c(C)cc(Cl)cc1Cl)c1cccc(C(C)=Nc2c(C)cc(Cl)cc2Cl)n1.[Fe]. The van der Waals surface area contributed by atoms with Gasteiger partial charge in [-0.25, -0.2) is 15.0 Å². The molecule has 3 aromatic rings. The van der Waals surface area contributed by atoms with Crippen LogP contribution in [0.4, 0.5) is 11.4 Å². The summed E-state index contributed by atoms with van der Waals surface area (Å²) in [4.78, 5) is 14.1. The van der Waals surface area contributed by atoms with Crippen molar-refractivity contribution in [3.63, 3.8) is 0 Å². The van der Waals surface area contributed by atoms with Gasteiger partial charge in [0.25, 0.3) is 0 Å². The summed E-state index contributed by atoms with van der Waals surface area (Å²) in [5, 5.41) is 2.16. The number of benzene rings is 2. The molecule has 0 aliphatic rings. The topological polar surface area (TPSA) is 37.6 Å². The third-order valence-corrected chi connectivity index (χ3v) is 5.50. The first-order valence-corrected chi connectivity index (χ1v) is 10.7. The van der Waals surface area contributed by atoms with Gasteiger partial charge in [0, 0.05) is 27.1 Å². The molecule has 3 nitrogen and oxygen atoms in total. The molecule has 1 heterocycles. The van der Waals surface area contributed by atoms with E-state index in [-0.39, 0.29) is 17.1 Å². The molecule has 162 valence electrons. The van der Waals surface area contributed by atoms with Crippen LogP contribution in [0, 0.1) is 13.8 Å². The summed E-state index contributed by atoms with van der Waals surface area (Å²) >= 11 is 24.8. The van der Waals surface area contributed by atoms with Crippen molar-refractivity contribution < 1.29 is 17.1 Å². The standard InChI is InChI=1S/C23H19Cl4N3.Fe/c1-12-8-16(24)10-18(26)22(12)28-14(3)20-6-5-7-21(30-20)15(4)29-23-13(2)9-17(25)11-19(23)27;/h5-11H,1-4H3;. The monoisotopic (exact) mass is 533 g/mol. The van der Waals surface area contributed by atoms with E-state index >= 15 is 0 Å². The fourth-order valence-electron chi connectivity index (χ4n) is 2.96. The summed E-state index contributed by atoms with van der Waals surface area (Å²) < 4.78 is 0. The Labute approximate surface area is 213 Å². The zero-order valence-electron chi connectivity index (χ0n) is 17.2. The Morgan fingerprint density at radius 2 is 1.10 bits per heavy atom. The zero-order valence-corrected chi connectivity index (χ0v) is 21.4. The van der Waals surface area contributed by atoms with Gasteiger partial charge in [-0.05, 0) is 75.2 Å². The van der Waals surface area contributed by atoms with Crippen molar-refractivity contribution >= 4 is 69.2 Å². The van der Waals surface area contributed by atoms with Gasteiger partial charge in [0.05, 0.1) is 44.2 Å². The number of nitrogens with zero attached hydrogens (tertiary/aromatic N) is 3. The summed E-state index contributed by atoms with van der Waals surface area (Å²) in [5.41, 5.74) is 6.08. The van der Waals surface area contributed by atoms with Crippen LogP contribution in [0.5, 0.6) is 0 Å². The van der Waals surface area contributed by atoms with Gasteiger partial charge in [-0.15, -0.1) is 0 Å². The molecule has 0 bridgehead atoms. The third kappa shape index (κ3) is 6.32. The fourth-order valence-corrected chi connectivity index (χ4v) is 4.24. The van der Waals surface area contributed by atoms with Crippen molar-refractivity contribution in [3.8, 4) is 0 Å². The van der Waals surface area contributed by atoms with Gasteiger partial charge in [-0.2, -0.15) is 0 Å². The molecule has 3 rings (SSSR count). The van der Waals surface area contributed by atoms with Gasteiger partial charge < -0.3 is 0 Å². The van der Waals surface area contributed by atoms with Gasteiger partial charge in [0.1, 0.15) is 0 Å². The molecule has 1 aromatic heterocycles. The van der Waals surface area contributed by atoms with Gasteiger partial charge in [0.15, 0.2) is 0 Å². The minimum absolute atomic E-state index is 0. The van der Waals surface area contributed by atoms with Crippen LogP contribution in [-0.2, 0) is 17.1 Å². The number of pyridine rings is 1. The van der Waals surface area contributed by atoms with E-state index in [1.165, 1.54) is 0 Å². The zero-order chi connectivity index (χ0) is 22.0. The van der Waals surface area contributed by atoms with Gasteiger partial charge >= 0.3 is 0 Å². The molecule has 0 aliphatic carbocycles. The Morgan fingerprint density at radius 1 is 0.710 bits per heavy atom. The summed E-state index contributed by atoms with van der Waals surface area (Å²) in [5.74, 6) is 0. The summed E-state index contributed by atoms with van der Waals surface area (Å²) in [6, 6.07) is 12.7. The average Bonchev–Trinajstić information content (AvgIpc) is 2.67. The van der Waals surface area contributed by atoms with Crippen molar-refractivity contribution in [1.82, 2.24) is 4.98 Å². The quantitative estimate of drug-likeness (QED) is 0.244. The van der Waals surface area contributed by atoms with Crippen molar-refractivity contribution in [2.45, 2.75) is 27.7 Å². The van der Waals surface area contributed by atoms with Crippen LogP contribution in [0.3, 0.4) is 0 Å². The molecule has 0 aliphatic heterocycles. The molecule has 31 heavy (non-hydrogen) atoms. The summed E-state index contributed by atoms with van der Waals surface area (Å²) in [7, 11) is 0. The van der Waals surface area contributed by atoms with E-state index < -0.39 is 0 Å². The van der Waals surface area contributed by atoms with Crippen LogP contribution < -0.4 is 0 Å². The van der Waals surface area contributed by atoms with Crippen LogP contribution >= 0.6 is 46.4 Å². The molecule has 0 saturated carbocycles. The molecule has 0 radical (unpaired) electrons. The molecule has 0 spiro atoms. The smallest absolute Gasteiger partial charge is 0.0850 e. The van der Waals surface area contributed by atoms with E-state index in [4.69, 9.17) is 51.4 Å². The molecule has 0 N–H and O–H groups in total. The minimum atomic E-state index is 0. The Bertz CT molecular complexity index is 1050. The Morgan fingerprint density at radius 3 is 1.45 bits per heavy atom. The van der Waals surface area contributed by atoms with Crippen LogP contribution in [0.2, 0.25) is 20.1 Å². The first-order valence-electron chi connectivity index (χ1n) is 9.15. The largest absolute Gasteiger partial charge is 0.250 e. The maximum absolute atomic E-state index is 6.33. The van der Waals surface area contributed by atoms with E-state index in [2.05, 4.69) is 9.98 Å². The molecule has 8 heteroatoms. The van der Waals surface area contributed by atoms with Crippen molar-refractivity contribution in [2.75, 3.05) is 0 Å². The molecule has 2 aromatic carbocycles. The van der Waals surface area contributed by atoms with E-state index in [1.54, 1.807) is 12.1 Å². The second-order valence-electron chi connectivity index (χ2n) is 6.91. The third-order valence-electron chi connectivity index (χ3n) is 4.49. The van der Waals surface area contributed by atoms with Crippen LogP contribution in [0.15, 0.2) is 52.4 Å². The predicted molar refractivity (Wildman–Crippen MR) is 130 cm³/mol. The summed E-state index contributed by atoms with van der Waals surface area (Å²) in [6.45, 7) is 7.62. The Balaban J connectivity index is 0.00000341. The van der Waals surface area contributed by atoms with E-state index in [9.17, 15) is 0 Å². The van der Waals surface area contributed by atoms with Gasteiger partial charge in [0.2, 0.25) is 0 Å². The average molecular weight is 535 g/mol. The summed E-state index contributed by atoms with van der Waals surface area (Å²) in [6.07, 6.45) is 0. The molecule has 0 saturated heterocycles. The number of hydrogen-bond donors (Lipinski definition) is 0. The Hall–Kier alpha value is -1.39.